The number of nitrogens with zero attached hydrogens (tertiary/aromatic N) is 2. The highest BCUT2D eigenvalue weighted by Gasteiger charge is 2.42. The van der Waals surface area contributed by atoms with E-state index >= 15 is 0 Å². The highest BCUT2D eigenvalue weighted by atomic mass is 127. The fourth-order valence-corrected chi connectivity index (χ4v) is 6.32. The van der Waals surface area contributed by atoms with E-state index in [0.717, 1.165) is 8.04 Å². The lowest BCUT2D eigenvalue weighted by molar-refractivity contribution is 0.0930. The number of hydrogen-bond acceptors (Lipinski definition) is 4. The Labute approximate surface area is 198 Å². The maximum atomic E-state index is 14.7. The van der Waals surface area contributed by atoms with Gasteiger partial charge in [-0.3, -0.25) is 9.78 Å². The minimum atomic E-state index is -3.32. The van der Waals surface area contributed by atoms with E-state index in [-0.39, 0.29) is 37.0 Å². The number of benzene rings is 1. The van der Waals surface area contributed by atoms with Crippen molar-refractivity contribution in [2.24, 2.45) is 0 Å². The second kappa shape index (κ2) is 9.58. The SMILES string of the molecule is CCS(=O)(=O)N1CCC(CNC(=O)c2ccc(Br)cc2I)(c2ncccc2F)CC1. The molecule has 0 unspecified atom stereocenters. The van der Waals surface area contributed by atoms with Gasteiger partial charge in [0.15, 0.2) is 0 Å². The molecular weight excluding hydrogens is 588 g/mol. The Morgan fingerprint density at radius 3 is 2.63 bits per heavy atom. The van der Waals surface area contributed by atoms with Gasteiger partial charge in [0.1, 0.15) is 5.82 Å². The van der Waals surface area contributed by atoms with Gasteiger partial charge < -0.3 is 5.32 Å². The molecule has 10 heteroatoms. The zero-order chi connectivity index (χ0) is 21.9. The van der Waals surface area contributed by atoms with Gasteiger partial charge in [0.25, 0.3) is 5.91 Å². The van der Waals surface area contributed by atoms with Crippen LogP contribution in [0.1, 0.15) is 35.8 Å². The standard InChI is InChI=1S/C20H22BrFIN3O3S/c1-2-30(28,29)26-10-7-20(8-11-26,18-16(22)4-3-9-24-18)13-25-19(27)15-6-5-14(21)12-17(15)23/h3-6,9,12H,2,7-8,10-11,13H2,1H3,(H,25,27). The highest BCUT2D eigenvalue weighted by molar-refractivity contribution is 14.1. The fraction of sp³-hybridized carbons (Fsp3) is 0.400. The minimum absolute atomic E-state index is 0.0245. The topological polar surface area (TPSA) is 79.4 Å². The molecule has 0 radical (unpaired) electrons. The molecule has 0 spiro atoms. The van der Waals surface area contributed by atoms with Crippen LogP contribution in [0, 0.1) is 9.39 Å². The Hall–Kier alpha value is -1.11. The molecule has 1 aliphatic heterocycles. The largest absolute Gasteiger partial charge is 0.351 e. The van der Waals surface area contributed by atoms with Gasteiger partial charge in [0.2, 0.25) is 10.0 Å². The van der Waals surface area contributed by atoms with Crippen molar-refractivity contribution < 1.29 is 17.6 Å². The third kappa shape index (κ3) is 5.03. The molecule has 30 heavy (non-hydrogen) atoms. The number of aromatic nitrogens is 1. The Bertz CT molecular complexity index is 1040. The first kappa shape index (κ1) is 23.6. The number of rotatable bonds is 6. The Kier molecular flexibility index (Phi) is 7.52. The van der Waals surface area contributed by atoms with Crippen molar-refractivity contribution >= 4 is 54.5 Å². The smallest absolute Gasteiger partial charge is 0.252 e. The summed E-state index contributed by atoms with van der Waals surface area (Å²) in [6.45, 7) is 2.30. The third-order valence-electron chi connectivity index (χ3n) is 5.46. The summed E-state index contributed by atoms with van der Waals surface area (Å²) in [6, 6.07) is 8.23. The molecule has 6 nitrogen and oxygen atoms in total. The predicted molar refractivity (Wildman–Crippen MR) is 125 cm³/mol. The molecule has 1 amide bonds. The number of carbonyl (C=O) groups is 1. The van der Waals surface area contributed by atoms with Crippen molar-refractivity contribution in [3.63, 3.8) is 0 Å². The van der Waals surface area contributed by atoms with E-state index in [4.69, 9.17) is 0 Å². The Morgan fingerprint density at radius 1 is 1.33 bits per heavy atom. The Morgan fingerprint density at radius 2 is 2.03 bits per heavy atom. The number of nitrogens with one attached hydrogen (secondary N) is 1. The summed E-state index contributed by atoms with van der Waals surface area (Å²) in [4.78, 5) is 17.1. The molecule has 162 valence electrons. The number of halogens is 3. The lowest BCUT2D eigenvalue weighted by atomic mass is 9.75. The van der Waals surface area contributed by atoms with Gasteiger partial charge in [-0.25, -0.2) is 17.1 Å². The van der Waals surface area contributed by atoms with Crippen LogP contribution in [0.4, 0.5) is 4.39 Å². The molecule has 0 aliphatic carbocycles. The molecule has 2 aromatic rings. The zero-order valence-electron chi connectivity index (χ0n) is 16.4. The molecule has 1 saturated heterocycles. The normalized spacial score (nSPS) is 16.9. The maximum absolute atomic E-state index is 14.7. The quantitative estimate of drug-likeness (QED) is 0.507. The van der Waals surface area contributed by atoms with Gasteiger partial charge in [-0.2, -0.15) is 0 Å². The van der Waals surface area contributed by atoms with Crippen molar-refractivity contribution in [1.29, 1.82) is 0 Å². The number of carbonyl (C=O) groups excluding carboxylic acids is 1. The summed E-state index contributed by atoms with van der Waals surface area (Å²) < 4.78 is 42.3. The van der Waals surface area contributed by atoms with E-state index in [1.54, 1.807) is 19.1 Å². The first-order chi connectivity index (χ1) is 14.2. The van der Waals surface area contributed by atoms with Crippen LogP contribution in [0.25, 0.3) is 0 Å². The molecule has 0 atom stereocenters. The molecule has 0 saturated carbocycles. The number of amides is 1. The second-order valence-corrected chi connectivity index (χ2v) is 11.6. The van der Waals surface area contributed by atoms with Crippen molar-refractivity contribution in [3.05, 3.63) is 61.6 Å². The zero-order valence-corrected chi connectivity index (χ0v) is 20.9. The summed E-state index contributed by atoms with van der Waals surface area (Å²) >= 11 is 5.48. The van der Waals surface area contributed by atoms with Gasteiger partial charge in [-0.05, 0) is 72.7 Å². The van der Waals surface area contributed by atoms with E-state index in [9.17, 15) is 17.6 Å². The molecule has 0 bridgehead atoms. The van der Waals surface area contributed by atoms with Crippen molar-refractivity contribution in [3.8, 4) is 0 Å². The fourth-order valence-electron chi connectivity index (χ4n) is 3.67. The molecule has 2 heterocycles. The summed E-state index contributed by atoms with van der Waals surface area (Å²) in [7, 11) is -3.32. The van der Waals surface area contributed by atoms with Gasteiger partial charge >= 0.3 is 0 Å². The molecule has 3 rings (SSSR count). The van der Waals surface area contributed by atoms with Crippen LogP contribution in [0.5, 0.6) is 0 Å². The van der Waals surface area contributed by atoms with Crippen LogP contribution in [-0.2, 0) is 15.4 Å². The predicted octanol–water partition coefficient (Wildman–Crippen LogP) is 3.70. The summed E-state index contributed by atoms with van der Waals surface area (Å²) in [5.74, 6) is -0.681. The summed E-state index contributed by atoms with van der Waals surface area (Å²) in [5, 5.41) is 2.93. The molecule has 1 aliphatic rings. The lowest BCUT2D eigenvalue weighted by Crippen LogP contribution is -2.51. The second-order valence-electron chi connectivity index (χ2n) is 7.22. The van der Waals surface area contributed by atoms with Crippen molar-refractivity contribution in [1.82, 2.24) is 14.6 Å². The molecular formula is C20H22BrFIN3O3S. The van der Waals surface area contributed by atoms with E-state index in [1.807, 2.05) is 6.07 Å². The van der Waals surface area contributed by atoms with Crippen LogP contribution >= 0.6 is 38.5 Å². The van der Waals surface area contributed by atoms with Crippen LogP contribution in [0.3, 0.4) is 0 Å². The van der Waals surface area contributed by atoms with Gasteiger partial charge in [0, 0.05) is 39.3 Å². The number of hydrogen-bond donors (Lipinski definition) is 1. The summed E-state index contributed by atoms with van der Waals surface area (Å²) in [6.07, 6.45) is 2.27. The number of piperidine rings is 1. The highest BCUT2D eigenvalue weighted by Crippen LogP contribution is 2.36. The number of pyridine rings is 1. The van der Waals surface area contributed by atoms with Gasteiger partial charge in [0.05, 0.1) is 17.0 Å². The first-order valence-corrected chi connectivity index (χ1v) is 13.0. The van der Waals surface area contributed by atoms with Crippen molar-refractivity contribution in [2.75, 3.05) is 25.4 Å². The molecule has 1 aromatic carbocycles. The molecule has 1 fully saturated rings. The van der Waals surface area contributed by atoms with E-state index in [0.29, 0.717) is 18.4 Å². The number of sulfonamides is 1. The monoisotopic (exact) mass is 609 g/mol. The molecule has 1 N–H and O–H groups in total. The average molecular weight is 610 g/mol. The summed E-state index contributed by atoms with van der Waals surface area (Å²) in [5.41, 5.74) is 0.0208. The van der Waals surface area contributed by atoms with Gasteiger partial charge in [-0.1, -0.05) is 15.9 Å². The van der Waals surface area contributed by atoms with E-state index in [2.05, 4.69) is 48.8 Å². The first-order valence-electron chi connectivity index (χ1n) is 9.50. The van der Waals surface area contributed by atoms with Crippen LogP contribution < -0.4 is 5.32 Å². The molecule has 1 aromatic heterocycles. The van der Waals surface area contributed by atoms with E-state index in [1.165, 1.54) is 22.6 Å². The van der Waals surface area contributed by atoms with Crippen molar-refractivity contribution in [2.45, 2.75) is 25.2 Å². The van der Waals surface area contributed by atoms with Crippen LogP contribution in [-0.4, -0.2) is 49.0 Å². The maximum Gasteiger partial charge on any atom is 0.252 e. The van der Waals surface area contributed by atoms with E-state index < -0.39 is 21.3 Å². The minimum Gasteiger partial charge on any atom is -0.351 e. The van der Waals surface area contributed by atoms with Gasteiger partial charge in [-0.15, -0.1) is 0 Å². The average Bonchev–Trinajstić information content (AvgIpc) is 2.72. The third-order valence-corrected chi connectivity index (χ3v) is 8.73. The Balaban J connectivity index is 1.85. The lowest BCUT2D eigenvalue weighted by Gasteiger charge is -2.41. The van der Waals surface area contributed by atoms with Crippen LogP contribution in [0.15, 0.2) is 41.0 Å². The van der Waals surface area contributed by atoms with Crippen LogP contribution in [0.2, 0.25) is 0 Å².